The van der Waals surface area contributed by atoms with E-state index in [9.17, 15) is 14.4 Å². The first kappa shape index (κ1) is 17.0. The van der Waals surface area contributed by atoms with Gasteiger partial charge in [0.2, 0.25) is 11.8 Å². The van der Waals surface area contributed by atoms with Crippen molar-refractivity contribution in [3.05, 3.63) is 29.8 Å². The molecule has 2 rings (SSSR count). The topological polar surface area (TPSA) is 75.7 Å². The fraction of sp³-hybridized carbons (Fsp3) is 0.471. The molecular weight excluding hydrogens is 296 g/mol. The van der Waals surface area contributed by atoms with Gasteiger partial charge in [0.15, 0.2) is 0 Å². The normalized spacial score (nSPS) is 18.9. The highest BCUT2D eigenvalue weighted by Crippen LogP contribution is 2.40. The van der Waals surface area contributed by atoms with Crippen LogP contribution in [0.1, 0.15) is 30.6 Å². The van der Waals surface area contributed by atoms with Gasteiger partial charge < -0.3 is 15.0 Å². The van der Waals surface area contributed by atoms with Crippen LogP contribution in [-0.2, 0) is 14.3 Å². The highest BCUT2D eigenvalue weighted by Gasteiger charge is 2.49. The summed E-state index contributed by atoms with van der Waals surface area (Å²) in [4.78, 5) is 37.5. The van der Waals surface area contributed by atoms with Gasteiger partial charge in [0.25, 0.3) is 0 Å². The Morgan fingerprint density at radius 2 is 1.74 bits per heavy atom. The van der Waals surface area contributed by atoms with E-state index in [2.05, 4.69) is 10.1 Å². The molecule has 0 radical (unpaired) electrons. The van der Waals surface area contributed by atoms with Crippen LogP contribution < -0.4 is 5.32 Å². The molecule has 1 aromatic carbocycles. The first-order chi connectivity index (χ1) is 11.0. The van der Waals surface area contributed by atoms with Gasteiger partial charge in [-0.2, -0.15) is 0 Å². The van der Waals surface area contributed by atoms with Crippen LogP contribution in [0, 0.1) is 11.8 Å². The Kier molecular flexibility index (Phi) is 5.36. The number of hydrogen-bond acceptors (Lipinski definition) is 4. The third-order valence-corrected chi connectivity index (χ3v) is 4.09. The first-order valence-electron chi connectivity index (χ1n) is 7.79. The Hall–Kier alpha value is -2.37. The van der Waals surface area contributed by atoms with Crippen LogP contribution in [0.5, 0.6) is 0 Å². The molecule has 23 heavy (non-hydrogen) atoms. The van der Waals surface area contributed by atoms with Gasteiger partial charge in [-0.3, -0.25) is 9.59 Å². The predicted octanol–water partition coefficient (Wildman–Crippen LogP) is 1.92. The molecule has 0 spiro atoms. The Balaban J connectivity index is 1.91. The minimum Gasteiger partial charge on any atom is -0.465 e. The van der Waals surface area contributed by atoms with E-state index < -0.39 is 5.97 Å². The maximum Gasteiger partial charge on any atom is 0.337 e. The van der Waals surface area contributed by atoms with Gasteiger partial charge in [0.05, 0.1) is 24.5 Å². The predicted molar refractivity (Wildman–Crippen MR) is 85.9 cm³/mol. The fourth-order valence-corrected chi connectivity index (χ4v) is 2.57. The zero-order valence-corrected chi connectivity index (χ0v) is 13.7. The lowest BCUT2D eigenvalue weighted by Crippen LogP contribution is -2.33. The van der Waals surface area contributed by atoms with E-state index in [0.717, 1.165) is 0 Å². The van der Waals surface area contributed by atoms with Gasteiger partial charge >= 0.3 is 5.97 Å². The van der Waals surface area contributed by atoms with E-state index >= 15 is 0 Å². The Morgan fingerprint density at radius 3 is 2.26 bits per heavy atom. The van der Waals surface area contributed by atoms with Crippen LogP contribution >= 0.6 is 0 Å². The third kappa shape index (κ3) is 3.88. The first-order valence-corrected chi connectivity index (χ1v) is 7.79. The van der Waals surface area contributed by atoms with Crippen LogP contribution in [0.3, 0.4) is 0 Å². The van der Waals surface area contributed by atoms with Crippen molar-refractivity contribution < 1.29 is 19.1 Å². The zero-order chi connectivity index (χ0) is 17.0. The number of carbonyl (C=O) groups excluding carboxylic acids is 3. The van der Waals surface area contributed by atoms with E-state index in [1.165, 1.54) is 7.11 Å². The molecule has 0 aliphatic heterocycles. The van der Waals surface area contributed by atoms with Crippen molar-refractivity contribution in [2.75, 3.05) is 25.5 Å². The Labute approximate surface area is 135 Å². The lowest BCUT2D eigenvalue weighted by Gasteiger charge is -2.18. The second-order valence-electron chi connectivity index (χ2n) is 5.52. The lowest BCUT2D eigenvalue weighted by molar-refractivity contribution is -0.133. The average Bonchev–Trinajstić information content (AvgIpc) is 3.36. The summed E-state index contributed by atoms with van der Waals surface area (Å²) in [6, 6.07) is 6.47. The monoisotopic (exact) mass is 318 g/mol. The minimum absolute atomic E-state index is 0.0520. The summed E-state index contributed by atoms with van der Waals surface area (Å²) in [7, 11) is 1.32. The number of esters is 1. The van der Waals surface area contributed by atoms with Crippen LogP contribution in [0.4, 0.5) is 5.69 Å². The summed E-state index contributed by atoms with van der Waals surface area (Å²) in [5, 5.41) is 2.79. The molecule has 1 N–H and O–H groups in total. The summed E-state index contributed by atoms with van der Waals surface area (Å²) in [6.45, 7) is 5.19. The molecule has 1 fully saturated rings. The number of anilines is 1. The summed E-state index contributed by atoms with van der Waals surface area (Å²) < 4.78 is 4.62. The van der Waals surface area contributed by atoms with Crippen LogP contribution in [0.25, 0.3) is 0 Å². The van der Waals surface area contributed by atoms with Gasteiger partial charge in [-0.15, -0.1) is 0 Å². The molecule has 1 aromatic rings. The molecule has 2 unspecified atom stereocenters. The van der Waals surface area contributed by atoms with Crippen LogP contribution in [0.15, 0.2) is 24.3 Å². The average molecular weight is 318 g/mol. The molecule has 124 valence electrons. The van der Waals surface area contributed by atoms with Gasteiger partial charge in [-0.1, -0.05) is 0 Å². The summed E-state index contributed by atoms with van der Waals surface area (Å²) in [5.74, 6) is -0.986. The fourth-order valence-electron chi connectivity index (χ4n) is 2.57. The second-order valence-corrected chi connectivity index (χ2v) is 5.52. The Bertz CT molecular complexity index is 593. The highest BCUT2D eigenvalue weighted by molar-refractivity contribution is 5.99. The smallest absolute Gasteiger partial charge is 0.337 e. The lowest BCUT2D eigenvalue weighted by atomic mass is 10.2. The number of nitrogens with zero attached hydrogens (tertiary/aromatic N) is 1. The van der Waals surface area contributed by atoms with Crippen LogP contribution in [-0.4, -0.2) is 42.9 Å². The molecule has 6 nitrogen and oxygen atoms in total. The van der Waals surface area contributed by atoms with Gasteiger partial charge in [-0.05, 0) is 44.5 Å². The van der Waals surface area contributed by atoms with E-state index in [-0.39, 0.29) is 23.7 Å². The maximum absolute atomic E-state index is 12.2. The van der Waals surface area contributed by atoms with E-state index in [1.807, 2.05) is 13.8 Å². The number of hydrogen-bond donors (Lipinski definition) is 1. The van der Waals surface area contributed by atoms with Crippen molar-refractivity contribution >= 4 is 23.5 Å². The SMILES string of the molecule is CCN(CC)C(=O)C1CC1C(=O)Nc1ccc(C(=O)OC)cc1. The molecule has 0 bridgehead atoms. The summed E-state index contributed by atoms with van der Waals surface area (Å²) >= 11 is 0. The largest absolute Gasteiger partial charge is 0.465 e. The highest BCUT2D eigenvalue weighted by atomic mass is 16.5. The van der Waals surface area contributed by atoms with Crippen molar-refractivity contribution in [2.45, 2.75) is 20.3 Å². The molecular formula is C17H22N2O4. The molecule has 0 heterocycles. The van der Waals surface area contributed by atoms with Crippen molar-refractivity contribution in [1.29, 1.82) is 0 Å². The van der Waals surface area contributed by atoms with Crippen molar-refractivity contribution in [3.63, 3.8) is 0 Å². The Morgan fingerprint density at radius 1 is 1.13 bits per heavy atom. The minimum atomic E-state index is -0.421. The standard InChI is InChI=1S/C17H22N2O4/c1-4-19(5-2)16(21)14-10-13(14)15(20)18-12-8-6-11(7-9-12)17(22)23-3/h6-9,13-14H,4-5,10H2,1-3H3,(H,18,20). The van der Waals surface area contributed by atoms with Gasteiger partial charge in [0, 0.05) is 18.8 Å². The number of nitrogens with one attached hydrogen (secondary N) is 1. The number of rotatable bonds is 6. The molecule has 2 atom stereocenters. The number of carbonyl (C=O) groups is 3. The van der Waals surface area contributed by atoms with Crippen molar-refractivity contribution in [1.82, 2.24) is 4.90 Å². The number of benzene rings is 1. The molecule has 0 aromatic heterocycles. The second kappa shape index (κ2) is 7.26. The third-order valence-electron chi connectivity index (χ3n) is 4.09. The molecule has 1 saturated carbocycles. The van der Waals surface area contributed by atoms with E-state index in [4.69, 9.17) is 0 Å². The number of amides is 2. The van der Waals surface area contributed by atoms with Crippen molar-refractivity contribution in [2.24, 2.45) is 11.8 Å². The van der Waals surface area contributed by atoms with Gasteiger partial charge in [0.1, 0.15) is 0 Å². The summed E-state index contributed by atoms with van der Waals surface area (Å²) in [6.07, 6.45) is 0.599. The molecule has 1 aliphatic rings. The van der Waals surface area contributed by atoms with Gasteiger partial charge in [-0.25, -0.2) is 4.79 Å². The molecule has 1 aliphatic carbocycles. The molecule has 0 saturated heterocycles. The zero-order valence-electron chi connectivity index (χ0n) is 13.7. The van der Waals surface area contributed by atoms with E-state index in [1.54, 1.807) is 29.2 Å². The maximum atomic E-state index is 12.2. The molecule has 6 heteroatoms. The summed E-state index contributed by atoms with van der Waals surface area (Å²) in [5.41, 5.74) is 1.02. The number of methoxy groups -OCH3 is 1. The van der Waals surface area contributed by atoms with E-state index in [0.29, 0.717) is 30.8 Å². The quantitative estimate of drug-likeness (QED) is 0.813. The molecule has 2 amide bonds. The van der Waals surface area contributed by atoms with Crippen molar-refractivity contribution in [3.8, 4) is 0 Å². The van der Waals surface area contributed by atoms with Crippen LogP contribution in [0.2, 0.25) is 0 Å². The number of ether oxygens (including phenoxy) is 1.